The highest BCUT2D eigenvalue weighted by Gasteiger charge is 2.25. The van der Waals surface area contributed by atoms with Crippen LogP contribution in [0.2, 0.25) is 0 Å². The van der Waals surface area contributed by atoms with E-state index in [1.165, 1.54) is 4.68 Å². The number of ether oxygens (including phenoxy) is 3. The highest BCUT2D eigenvalue weighted by atomic mass is 16.5. The molecule has 0 aliphatic heterocycles. The Morgan fingerprint density at radius 3 is 2.53 bits per heavy atom. The van der Waals surface area contributed by atoms with Crippen molar-refractivity contribution < 1.29 is 19.0 Å². The zero-order chi connectivity index (χ0) is 23.7. The number of esters is 1. The van der Waals surface area contributed by atoms with Gasteiger partial charge in [0.25, 0.3) is 0 Å². The number of nitrogens with two attached hydrogens (primary N) is 1. The minimum absolute atomic E-state index is 0.244. The van der Waals surface area contributed by atoms with Gasteiger partial charge >= 0.3 is 5.97 Å². The standard InChI is InChI=1S/C26H34N2O4/c1-7-11-20(32-16-8-2)15-14-18(4)24-22(17-28(27)25(24)26(29)31-9-3)21-12-10-13-23(30-6)19(21)5/h10-15,17H,4,7-9,16,27H2,1-3,5-6H3/b15-14-,20-11+. The van der Waals surface area contributed by atoms with Crippen LogP contribution in [-0.2, 0) is 9.47 Å². The monoisotopic (exact) mass is 438 g/mol. The van der Waals surface area contributed by atoms with Crippen LogP contribution >= 0.6 is 0 Å². The molecule has 0 aliphatic rings. The molecule has 2 rings (SSSR count). The number of hydrogen-bond acceptors (Lipinski definition) is 5. The SMILES string of the molecule is C=C(/C=C\C(=C/CC)OCCC)c1c(-c2cccc(OC)c2C)cn(N)c1C(=O)OCC. The molecule has 1 heterocycles. The fourth-order valence-corrected chi connectivity index (χ4v) is 3.45. The Hall–Kier alpha value is -3.41. The number of aromatic nitrogens is 1. The van der Waals surface area contributed by atoms with Gasteiger partial charge in [-0.1, -0.05) is 38.6 Å². The van der Waals surface area contributed by atoms with Crippen molar-refractivity contribution in [3.05, 3.63) is 71.8 Å². The Balaban J connectivity index is 2.63. The minimum atomic E-state index is -0.502. The van der Waals surface area contributed by atoms with Crippen molar-refractivity contribution >= 4 is 11.5 Å². The summed E-state index contributed by atoms with van der Waals surface area (Å²) < 4.78 is 17.9. The van der Waals surface area contributed by atoms with Gasteiger partial charge in [-0.2, -0.15) is 0 Å². The largest absolute Gasteiger partial charge is 0.496 e. The van der Waals surface area contributed by atoms with Crippen LogP contribution in [-0.4, -0.2) is 31.0 Å². The summed E-state index contributed by atoms with van der Waals surface area (Å²) in [5.41, 5.74) is 4.09. The summed E-state index contributed by atoms with van der Waals surface area (Å²) >= 11 is 0. The first-order valence-corrected chi connectivity index (χ1v) is 10.9. The van der Waals surface area contributed by atoms with Gasteiger partial charge in [-0.3, -0.25) is 4.68 Å². The number of carbonyl (C=O) groups excluding carboxylic acids is 1. The molecule has 6 nitrogen and oxygen atoms in total. The van der Waals surface area contributed by atoms with Crippen LogP contribution in [0, 0.1) is 6.92 Å². The van der Waals surface area contributed by atoms with Crippen LogP contribution < -0.4 is 10.6 Å². The van der Waals surface area contributed by atoms with Crippen LogP contribution in [0.4, 0.5) is 0 Å². The van der Waals surface area contributed by atoms with Crippen molar-refractivity contribution in [3.63, 3.8) is 0 Å². The van der Waals surface area contributed by atoms with Gasteiger partial charge in [0.2, 0.25) is 0 Å². The fourth-order valence-electron chi connectivity index (χ4n) is 3.45. The molecule has 0 radical (unpaired) electrons. The lowest BCUT2D eigenvalue weighted by Gasteiger charge is -2.13. The number of allylic oxidation sites excluding steroid dienone is 4. The van der Waals surface area contributed by atoms with Gasteiger partial charge in [-0.25, -0.2) is 4.79 Å². The third kappa shape index (κ3) is 5.63. The molecule has 32 heavy (non-hydrogen) atoms. The molecule has 0 fully saturated rings. The number of nitrogens with zero attached hydrogens (tertiary/aromatic N) is 1. The van der Waals surface area contributed by atoms with E-state index in [9.17, 15) is 4.79 Å². The second kappa shape index (κ2) is 11.8. The topological polar surface area (TPSA) is 75.7 Å². The quantitative estimate of drug-likeness (QED) is 0.212. The van der Waals surface area contributed by atoms with Crippen molar-refractivity contribution in [2.75, 3.05) is 26.2 Å². The average Bonchev–Trinajstić information content (AvgIpc) is 3.12. The number of benzene rings is 1. The van der Waals surface area contributed by atoms with Gasteiger partial charge in [-0.15, -0.1) is 0 Å². The Labute approximate surface area is 190 Å². The Bertz CT molecular complexity index is 1020. The molecule has 0 spiro atoms. The van der Waals surface area contributed by atoms with Crippen molar-refractivity contribution in [3.8, 4) is 16.9 Å². The van der Waals surface area contributed by atoms with Crippen molar-refractivity contribution in [1.29, 1.82) is 0 Å². The lowest BCUT2D eigenvalue weighted by atomic mass is 9.94. The smallest absolute Gasteiger partial charge is 0.357 e. The number of nitrogen functional groups attached to an aromatic ring is 1. The summed E-state index contributed by atoms with van der Waals surface area (Å²) in [7, 11) is 1.63. The van der Waals surface area contributed by atoms with Gasteiger partial charge in [0.1, 0.15) is 11.5 Å². The highest BCUT2D eigenvalue weighted by Crippen LogP contribution is 2.37. The lowest BCUT2D eigenvalue weighted by molar-refractivity contribution is 0.0516. The van der Waals surface area contributed by atoms with E-state index in [2.05, 4.69) is 20.4 Å². The van der Waals surface area contributed by atoms with E-state index in [1.807, 2.05) is 43.4 Å². The molecule has 0 saturated carbocycles. The first kappa shape index (κ1) is 24.9. The maximum Gasteiger partial charge on any atom is 0.357 e. The van der Waals surface area contributed by atoms with Crippen LogP contribution in [0.1, 0.15) is 55.2 Å². The second-order valence-corrected chi connectivity index (χ2v) is 7.25. The molecule has 1 aromatic heterocycles. The Morgan fingerprint density at radius 2 is 1.91 bits per heavy atom. The van der Waals surface area contributed by atoms with Crippen molar-refractivity contribution in [2.45, 2.75) is 40.5 Å². The summed E-state index contributed by atoms with van der Waals surface area (Å²) in [6.45, 7) is 12.9. The number of hydrogen-bond donors (Lipinski definition) is 1. The maximum absolute atomic E-state index is 12.8. The molecule has 172 valence electrons. The van der Waals surface area contributed by atoms with E-state index in [-0.39, 0.29) is 12.3 Å². The Kier molecular flexibility index (Phi) is 9.20. The molecule has 6 heteroatoms. The predicted octanol–water partition coefficient (Wildman–Crippen LogP) is 5.65. The molecule has 0 bridgehead atoms. The summed E-state index contributed by atoms with van der Waals surface area (Å²) in [6, 6.07) is 5.77. The third-order valence-corrected chi connectivity index (χ3v) is 4.94. The minimum Gasteiger partial charge on any atom is -0.496 e. The second-order valence-electron chi connectivity index (χ2n) is 7.25. The highest BCUT2D eigenvalue weighted by molar-refractivity contribution is 6.00. The molecule has 1 aromatic carbocycles. The van der Waals surface area contributed by atoms with Crippen molar-refractivity contribution in [2.24, 2.45) is 0 Å². The summed E-state index contributed by atoms with van der Waals surface area (Å²) in [6.07, 6.45) is 9.20. The van der Waals surface area contributed by atoms with Crippen LogP contribution in [0.25, 0.3) is 16.7 Å². The molecule has 0 amide bonds. The van der Waals surface area contributed by atoms with Gasteiger partial charge in [0.05, 0.1) is 20.3 Å². The molecule has 0 saturated heterocycles. The van der Waals surface area contributed by atoms with E-state index in [0.29, 0.717) is 17.7 Å². The fraction of sp³-hybridized carbons (Fsp3) is 0.346. The van der Waals surface area contributed by atoms with E-state index in [0.717, 1.165) is 41.0 Å². The van der Waals surface area contributed by atoms with Crippen LogP contribution in [0.15, 0.2) is 55.0 Å². The van der Waals surface area contributed by atoms with Gasteiger partial charge < -0.3 is 20.1 Å². The molecular weight excluding hydrogens is 404 g/mol. The summed E-state index contributed by atoms with van der Waals surface area (Å²) in [4.78, 5) is 12.8. The average molecular weight is 439 g/mol. The van der Waals surface area contributed by atoms with Gasteiger partial charge in [0.15, 0.2) is 5.69 Å². The van der Waals surface area contributed by atoms with Crippen LogP contribution in [0.5, 0.6) is 5.75 Å². The molecular formula is C26H34N2O4. The number of methoxy groups -OCH3 is 1. The number of carbonyl (C=O) groups is 1. The third-order valence-electron chi connectivity index (χ3n) is 4.94. The first-order valence-electron chi connectivity index (χ1n) is 10.9. The zero-order valence-corrected chi connectivity index (χ0v) is 19.7. The molecule has 2 aromatic rings. The molecule has 0 atom stereocenters. The lowest BCUT2D eigenvalue weighted by Crippen LogP contribution is -2.18. The van der Waals surface area contributed by atoms with E-state index in [4.69, 9.17) is 20.1 Å². The molecule has 0 unspecified atom stereocenters. The molecule has 0 aliphatic carbocycles. The Morgan fingerprint density at radius 1 is 1.16 bits per heavy atom. The summed E-state index contributed by atoms with van der Waals surface area (Å²) in [5, 5.41) is 0. The van der Waals surface area contributed by atoms with E-state index >= 15 is 0 Å². The number of rotatable bonds is 11. The van der Waals surface area contributed by atoms with Gasteiger partial charge in [0, 0.05) is 17.3 Å². The van der Waals surface area contributed by atoms with E-state index < -0.39 is 5.97 Å². The van der Waals surface area contributed by atoms with Gasteiger partial charge in [-0.05, 0) is 61.6 Å². The summed E-state index contributed by atoms with van der Waals surface area (Å²) in [5.74, 6) is 7.23. The maximum atomic E-state index is 12.8. The van der Waals surface area contributed by atoms with Crippen molar-refractivity contribution in [1.82, 2.24) is 4.68 Å². The van der Waals surface area contributed by atoms with E-state index in [1.54, 1.807) is 20.2 Å². The predicted molar refractivity (Wildman–Crippen MR) is 130 cm³/mol. The van der Waals surface area contributed by atoms with Crippen LogP contribution in [0.3, 0.4) is 0 Å². The zero-order valence-electron chi connectivity index (χ0n) is 19.7. The molecule has 2 N–H and O–H groups in total. The normalized spacial score (nSPS) is 11.6. The first-order chi connectivity index (χ1) is 15.4.